The number of carbonyl (C=O) groups excluding carboxylic acids is 1. The van der Waals surface area contributed by atoms with E-state index in [0.717, 1.165) is 5.56 Å². The standard InChI is InChI=1S/C13H14N4O4/c1-8-14-13(17-16-8)9-3-2-4-10(5-9)15-11(18)6-21-7-12(19)20/h2-5H,6-7H2,1H3,(H,15,18)(H,19,20)(H,14,16,17). The van der Waals surface area contributed by atoms with Crippen LogP contribution in [0.25, 0.3) is 11.4 Å². The second-order valence-corrected chi connectivity index (χ2v) is 4.26. The first-order valence-electron chi connectivity index (χ1n) is 6.13. The molecular formula is C13H14N4O4. The molecule has 0 saturated carbocycles. The molecule has 0 aliphatic heterocycles. The molecule has 0 unspecified atom stereocenters. The summed E-state index contributed by atoms with van der Waals surface area (Å²) >= 11 is 0. The number of carbonyl (C=O) groups is 2. The van der Waals surface area contributed by atoms with Gasteiger partial charge in [-0.05, 0) is 19.1 Å². The van der Waals surface area contributed by atoms with Gasteiger partial charge < -0.3 is 15.2 Å². The Balaban J connectivity index is 1.98. The van der Waals surface area contributed by atoms with Crippen LogP contribution in [0.3, 0.4) is 0 Å². The van der Waals surface area contributed by atoms with Gasteiger partial charge in [0.25, 0.3) is 0 Å². The van der Waals surface area contributed by atoms with E-state index < -0.39 is 18.5 Å². The van der Waals surface area contributed by atoms with Crippen LogP contribution >= 0.6 is 0 Å². The van der Waals surface area contributed by atoms with Gasteiger partial charge in [0, 0.05) is 11.3 Å². The molecule has 21 heavy (non-hydrogen) atoms. The lowest BCUT2D eigenvalue weighted by molar-refractivity contribution is -0.143. The van der Waals surface area contributed by atoms with E-state index in [9.17, 15) is 9.59 Å². The van der Waals surface area contributed by atoms with Crippen molar-refractivity contribution in [3.05, 3.63) is 30.1 Å². The van der Waals surface area contributed by atoms with E-state index in [1.807, 2.05) is 6.07 Å². The van der Waals surface area contributed by atoms with Crippen LogP contribution < -0.4 is 5.32 Å². The Bertz CT molecular complexity index is 653. The topological polar surface area (TPSA) is 117 Å². The smallest absolute Gasteiger partial charge is 0.329 e. The second kappa shape index (κ2) is 6.62. The monoisotopic (exact) mass is 290 g/mol. The van der Waals surface area contributed by atoms with E-state index in [4.69, 9.17) is 9.84 Å². The molecule has 110 valence electrons. The quantitative estimate of drug-likeness (QED) is 0.725. The fourth-order valence-corrected chi connectivity index (χ4v) is 1.64. The van der Waals surface area contributed by atoms with Gasteiger partial charge in [-0.2, -0.15) is 5.10 Å². The highest BCUT2D eigenvalue weighted by atomic mass is 16.5. The molecule has 2 aromatic rings. The minimum Gasteiger partial charge on any atom is -0.480 e. The molecule has 1 aromatic carbocycles. The molecule has 1 heterocycles. The van der Waals surface area contributed by atoms with Crippen molar-refractivity contribution < 1.29 is 19.4 Å². The van der Waals surface area contributed by atoms with E-state index in [0.29, 0.717) is 17.3 Å². The van der Waals surface area contributed by atoms with Crippen molar-refractivity contribution in [1.29, 1.82) is 0 Å². The number of rotatable bonds is 6. The van der Waals surface area contributed by atoms with Crippen molar-refractivity contribution >= 4 is 17.6 Å². The minimum atomic E-state index is -1.12. The number of aliphatic carboxylic acids is 1. The summed E-state index contributed by atoms with van der Waals surface area (Å²) < 4.78 is 4.71. The van der Waals surface area contributed by atoms with E-state index in [1.165, 1.54) is 0 Å². The lowest BCUT2D eigenvalue weighted by Gasteiger charge is -2.06. The number of carboxylic acids is 1. The van der Waals surface area contributed by atoms with Crippen LogP contribution in [0.4, 0.5) is 5.69 Å². The van der Waals surface area contributed by atoms with Crippen molar-refractivity contribution in [2.75, 3.05) is 18.5 Å². The molecule has 8 nitrogen and oxygen atoms in total. The summed E-state index contributed by atoms with van der Waals surface area (Å²) in [6, 6.07) is 7.00. The Morgan fingerprint density at radius 3 is 2.86 bits per heavy atom. The number of hydrogen-bond acceptors (Lipinski definition) is 5. The summed E-state index contributed by atoms with van der Waals surface area (Å²) in [7, 11) is 0. The lowest BCUT2D eigenvalue weighted by Crippen LogP contribution is -2.20. The van der Waals surface area contributed by atoms with Gasteiger partial charge in [0.1, 0.15) is 19.0 Å². The third kappa shape index (κ3) is 4.39. The van der Waals surface area contributed by atoms with Crippen molar-refractivity contribution in [2.45, 2.75) is 6.92 Å². The summed E-state index contributed by atoms with van der Waals surface area (Å²) in [6.07, 6.45) is 0. The number of aryl methyl sites for hydroxylation is 1. The minimum absolute atomic E-state index is 0.323. The molecule has 0 atom stereocenters. The highest BCUT2D eigenvalue weighted by Crippen LogP contribution is 2.19. The maximum atomic E-state index is 11.6. The first-order valence-corrected chi connectivity index (χ1v) is 6.13. The van der Waals surface area contributed by atoms with Crippen LogP contribution in [-0.4, -0.2) is 45.4 Å². The Morgan fingerprint density at radius 1 is 1.38 bits per heavy atom. The molecule has 1 aromatic heterocycles. The Hall–Kier alpha value is -2.74. The largest absolute Gasteiger partial charge is 0.480 e. The molecule has 0 aliphatic rings. The number of aromatic amines is 1. The molecule has 8 heteroatoms. The van der Waals surface area contributed by atoms with Gasteiger partial charge in [-0.1, -0.05) is 12.1 Å². The molecule has 0 radical (unpaired) electrons. The first-order chi connectivity index (χ1) is 10.0. The first kappa shape index (κ1) is 14.7. The van der Waals surface area contributed by atoms with Crippen LogP contribution in [0.1, 0.15) is 5.82 Å². The van der Waals surface area contributed by atoms with Gasteiger partial charge in [0.2, 0.25) is 5.91 Å². The molecule has 1 amide bonds. The van der Waals surface area contributed by atoms with E-state index in [1.54, 1.807) is 25.1 Å². The Kier molecular flexibility index (Phi) is 4.62. The molecule has 0 saturated heterocycles. The predicted octanol–water partition coefficient (Wildman–Crippen LogP) is 0.820. The van der Waals surface area contributed by atoms with Crippen molar-refractivity contribution in [1.82, 2.24) is 15.2 Å². The summed E-state index contributed by atoms with van der Waals surface area (Å²) in [6.45, 7) is 0.960. The molecule has 0 spiro atoms. The van der Waals surface area contributed by atoms with E-state index in [2.05, 4.69) is 20.5 Å². The summed E-state index contributed by atoms with van der Waals surface area (Å²) in [5.74, 6) is -0.323. The predicted molar refractivity (Wildman–Crippen MR) is 73.6 cm³/mol. The third-order valence-corrected chi connectivity index (χ3v) is 2.46. The maximum Gasteiger partial charge on any atom is 0.329 e. The summed E-state index contributed by atoms with van der Waals surface area (Å²) in [4.78, 5) is 26.0. The van der Waals surface area contributed by atoms with Gasteiger partial charge in [-0.25, -0.2) is 9.78 Å². The average Bonchev–Trinajstić information content (AvgIpc) is 2.85. The Morgan fingerprint density at radius 2 is 2.19 bits per heavy atom. The zero-order valence-corrected chi connectivity index (χ0v) is 11.3. The number of ether oxygens (including phenoxy) is 1. The number of aromatic nitrogens is 3. The molecule has 0 bridgehead atoms. The molecule has 0 aliphatic carbocycles. The lowest BCUT2D eigenvalue weighted by atomic mass is 10.2. The fraction of sp³-hybridized carbons (Fsp3) is 0.231. The van der Waals surface area contributed by atoms with Gasteiger partial charge in [0.15, 0.2) is 5.82 Å². The van der Waals surface area contributed by atoms with Gasteiger partial charge in [-0.15, -0.1) is 0 Å². The zero-order valence-electron chi connectivity index (χ0n) is 11.3. The van der Waals surface area contributed by atoms with Crippen molar-refractivity contribution in [3.63, 3.8) is 0 Å². The average molecular weight is 290 g/mol. The van der Waals surface area contributed by atoms with Crippen LogP contribution in [0.15, 0.2) is 24.3 Å². The number of carboxylic acid groups (broad SMARTS) is 1. The van der Waals surface area contributed by atoms with Crippen molar-refractivity contribution in [3.8, 4) is 11.4 Å². The molecule has 0 fully saturated rings. The SMILES string of the molecule is Cc1nc(-c2cccc(NC(=O)COCC(=O)O)c2)n[nH]1. The summed E-state index contributed by atoms with van der Waals surface area (Å²) in [5.41, 5.74) is 1.31. The number of nitrogens with zero attached hydrogens (tertiary/aromatic N) is 2. The van der Waals surface area contributed by atoms with Crippen LogP contribution in [0.5, 0.6) is 0 Å². The highest BCUT2D eigenvalue weighted by Gasteiger charge is 2.07. The van der Waals surface area contributed by atoms with Gasteiger partial charge in [-0.3, -0.25) is 9.89 Å². The number of amides is 1. The van der Waals surface area contributed by atoms with Crippen molar-refractivity contribution in [2.24, 2.45) is 0 Å². The third-order valence-electron chi connectivity index (χ3n) is 2.46. The van der Waals surface area contributed by atoms with Crippen LogP contribution in [-0.2, 0) is 14.3 Å². The van der Waals surface area contributed by atoms with Gasteiger partial charge in [0.05, 0.1) is 0 Å². The number of H-pyrrole nitrogens is 1. The van der Waals surface area contributed by atoms with Crippen LogP contribution in [0, 0.1) is 6.92 Å². The second-order valence-electron chi connectivity index (χ2n) is 4.26. The van der Waals surface area contributed by atoms with E-state index >= 15 is 0 Å². The summed E-state index contributed by atoms with van der Waals surface area (Å²) in [5, 5.41) is 17.8. The zero-order chi connectivity index (χ0) is 15.2. The molecular weight excluding hydrogens is 276 g/mol. The number of anilines is 1. The molecule has 2 rings (SSSR count). The Labute approximate surface area is 120 Å². The number of hydrogen-bond donors (Lipinski definition) is 3. The highest BCUT2D eigenvalue weighted by molar-refractivity contribution is 5.92. The van der Waals surface area contributed by atoms with E-state index in [-0.39, 0.29) is 6.61 Å². The molecule has 3 N–H and O–H groups in total. The maximum absolute atomic E-state index is 11.6. The van der Waals surface area contributed by atoms with Gasteiger partial charge >= 0.3 is 5.97 Å². The fourth-order valence-electron chi connectivity index (χ4n) is 1.64. The normalized spacial score (nSPS) is 10.3. The number of nitrogens with one attached hydrogen (secondary N) is 2. The van der Waals surface area contributed by atoms with Crippen LogP contribution in [0.2, 0.25) is 0 Å². The number of benzene rings is 1.